The first-order chi connectivity index (χ1) is 9.15. The van der Waals surface area contributed by atoms with Crippen molar-refractivity contribution in [3.05, 3.63) is 34.9 Å². The molecule has 19 heavy (non-hydrogen) atoms. The molecule has 1 fully saturated rings. The summed E-state index contributed by atoms with van der Waals surface area (Å²) in [7, 11) is 0. The van der Waals surface area contributed by atoms with Crippen molar-refractivity contribution in [2.75, 3.05) is 26.2 Å². The average Bonchev–Trinajstić information content (AvgIpc) is 2.39. The lowest BCUT2D eigenvalue weighted by Crippen LogP contribution is -2.46. The number of rotatable bonds is 4. The van der Waals surface area contributed by atoms with Crippen molar-refractivity contribution >= 4 is 17.5 Å². The van der Waals surface area contributed by atoms with Gasteiger partial charge in [-0.2, -0.15) is 0 Å². The summed E-state index contributed by atoms with van der Waals surface area (Å²) >= 11 is 5.97. The third-order valence-electron chi connectivity index (χ3n) is 3.47. The number of halogens is 1. The van der Waals surface area contributed by atoms with Crippen LogP contribution in [0.5, 0.6) is 0 Å². The van der Waals surface area contributed by atoms with Gasteiger partial charge >= 0.3 is 0 Å². The molecule has 1 atom stereocenters. The van der Waals surface area contributed by atoms with Gasteiger partial charge in [0.05, 0.1) is 0 Å². The van der Waals surface area contributed by atoms with Gasteiger partial charge in [0.2, 0.25) is 5.91 Å². The van der Waals surface area contributed by atoms with Crippen molar-refractivity contribution < 1.29 is 4.79 Å². The van der Waals surface area contributed by atoms with Gasteiger partial charge in [0.15, 0.2) is 0 Å². The molecule has 0 bridgehead atoms. The van der Waals surface area contributed by atoms with Crippen LogP contribution >= 0.6 is 11.6 Å². The largest absolute Gasteiger partial charge is 0.340 e. The number of amides is 1. The molecule has 104 valence electrons. The van der Waals surface area contributed by atoms with E-state index in [9.17, 15) is 4.79 Å². The monoisotopic (exact) mass is 280 g/mol. The van der Waals surface area contributed by atoms with E-state index in [1.807, 2.05) is 23.1 Å². The zero-order valence-electron chi connectivity index (χ0n) is 11.4. The second-order valence-electron chi connectivity index (χ2n) is 5.27. The first kappa shape index (κ1) is 14.4. The molecule has 1 unspecified atom stereocenters. The van der Waals surface area contributed by atoms with Crippen LogP contribution in [-0.2, 0) is 11.2 Å². The zero-order chi connectivity index (χ0) is 13.7. The van der Waals surface area contributed by atoms with Crippen LogP contribution in [0.2, 0.25) is 5.02 Å². The maximum atomic E-state index is 12.1. The lowest BCUT2D eigenvalue weighted by molar-refractivity contribution is -0.132. The second kappa shape index (κ2) is 6.92. The Bertz CT molecular complexity index is 430. The molecule has 0 saturated carbocycles. The highest BCUT2D eigenvalue weighted by Crippen LogP contribution is 2.17. The molecule has 0 aromatic heterocycles. The molecule has 1 aromatic rings. The van der Waals surface area contributed by atoms with E-state index >= 15 is 0 Å². The van der Waals surface area contributed by atoms with Gasteiger partial charge in [0.25, 0.3) is 0 Å². The molecule has 1 heterocycles. The number of hydrogen-bond acceptors (Lipinski definition) is 2. The molecule has 0 spiro atoms. The molecule has 1 aromatic carbocycles. The maximum absolute atomic E-state index is 12.1. The number of benzene rings is 1. The number of carbonyl (C=O) groups is 1. The Morgan fingerprint density at radius 3 is 2.84 bits per heavy atom. The van der Waals surface area contributed by atoms with Gasteiger partial charge < -0.3 is 10.2 Å². The molecular weight excluding hydrogens is 260 g/mol. The quantitative estimate of drug-likeness (QED) is 0.918. The highest BCUT2D eigenvalue weighted by atomic mass is 35.5. The highest BCUT2D eigenvalue weighted by molar-refractivity contribution is 6.30. The summed E-state index contributed by atoms with van der Waals surface area (Å²) in [4.78, 5) is 14.1. The average molecular weight is 281 g/mol. The molecule has 0 aliphatic carbocycles. The van der Waals surface area contributed by atoms with Crippen LogP contribution in [-0.4, -0.2) is 37.0 Å². The Balaban J connectivity index is 1.83. The molecule has 1 aliphatic heterocycles. The fraction of sp³-hybridized carbons (Fsp3) is 0.533. The van der Waals surface area contributed by atoms with E-state index in [0.717, 1.165) is 37.6 Å². The van der Waals surface area contributed by atoms with E-state index in [1.165, 1.54) is 5.56 Å². The van der Waals surface area contributed by atoms with Gasteiger partial charge in [-0.3, -0.25) is 4.79 Å². The Morgan fingerprint density at radius 2 is 2.16 bits per heavy atom. The minimum atomic E-state index is 0.274. The number of nitrogens with zero attached hydrogens (tertiary/aromatic N) is 1. The van der Waals surface area contributed by atoms with Crippen LogP contribution < -0.4 is 5.32 Å². The Morgan fingerprint density at radius 1 is 1.42 bits per heavy atom. The van der Waals surface area contributed by atoms with Crippen molar-refractivity contribution in [1.29, 1.82) is 0 Å². The second-order valence-corrected chi connectivity index (χ2v) is 5.71. The number of carbonyl (C=O) groups excluding carboxylic acids is 1. The molecule has 2 rings (SSSR count). The highest BCUT2D eigenvalue weighted by Gasteiger charge is 2.18. The topological polar surface area (TPSA) is 32.3 Å². The molecule has 4 heteroatoms. The summed E-state index contributed by atoms with van der Waals surface area (Å²) in [6.07, 6.45) is 1.52. The van der Waals surface area contributed by atoms with Gasteiger partial charge in [-0.05, 0) is 30.0 Å². The van der Waals surface area contributed by atoms with Crippen LogP contribution in [0, 0.1) is 5.92 Å². The summed E-state index contributed by atoms with van der Waals surface area (Å²) in [5.74, 6) is 0.622. The van der Waals surface area contributed by atoms with Crippen molar-refractivity contribution in [2.24, 2.45) is 5.92 Å². The van der Waals surface area contributed by atoms with E-state index < -0.39 is 0 Å². The van der Waals surface area contributed by atoms with E-state index in [2.05, 4.69) is 18.3 Å². The predicted molar refractivity (Wildman–Crippen MR) is 78.4 cm³/mol. The normalized spacial score (nSPS) is 17.3. The van der Waals surface area contributed by atoms with E-state index in [1.54, 1.807) is 0 Å². The number of piperazine rings is 1. The van der Waals surface area contributed by atoms with E-state index in [0.29, 0.717) is 12.3 Å². The van der Waals surface area contributed by atoms with Gasteiger partial charge in [-0.1, -0.05) is 30.7 Å². The summed E-state index contributed by atoms with van der Waals surface area (Å²) in [5, 5.41) is 4.02. The summed E-state index contributed by atoms with van der Waals surface area (Å²) in [5.41, 5.74) is 1.20. The fourth-order valence-corrected chi connectivity index (χ4v) is 2.69. The van der Waals surface area contributed by atoms with Gasteiger partial charge in [0.1, 0.15) is 0 Å². The summed E-state index contributed by atoms with van der Waals surface area (Å²) in [6, 6.07) is 7.88. The van der Waals surface area contributed by atoms with Crippen molar-refractivity contribution in [1.82, 2.24) is 10.2 Å². The lowest BCUT2D eigenvalue weighted by Gasteiger charge is -2.28. The molecule has 1 saturated heterocycles. The zero-order valence-corrected chi connectivity index (χ0v) is 12.1. The minimum absolute atomic E-state index is 0.274. The van der Waals surface area contributed by atoms with E-state index in [4.69, 9.17) is 11.6 Å². The number of nitrogens with one attached hydrogen (secondary N) is 1. The fourth-order valence-electron chi connectivity index (χ4n) is 2.48. The first-order valence-electron chi connectivity index (χ1n) is 6.88. The SMILES string of the molecule is CC(CC(=O)N1CCNCC1)Cc1cccc(Cl)c1. The summed E-state index contributed by atoms with van der Waals surface area (Å²) in [6.45, 7) is 5.62. The van der Waals surface area contributed by atoms with Crippen LogP contribution in [0.1, 0.15) is 18.9 Å². The Kier molecular flexibility index (Phi) is 5.23. The molecule has 1 aliphatic rings. The van der Waals surface area contributed by atoms with E-state index in [-0.39, 0.29) is 5.91 Å². The van der Waals surface area contributed by atoms with Crippen molar-refractivity contribution in [2.45, 2.75) is 19.8 Å². The van der Waals surface area contributed by atoms with Crippen LogP contribution in [0.4, 0.5) is 0 Å². The Hall–Kier alpha value is -1.06. The summed E-state index contributed by atoms with van der Waals surface area (Å²) < 4.78 is 0. The predicted octanol–water partition coefficient (Wildman–Crippen LogP) is 2.34. The molecule has 3 nitrogen and oxygen atoms in total. The third-order valence-corrected chi connectivity index (χ3v) is 3.70. The first-order valence-corrected chi connectivity index (χ1v) is 7.26. The van der Waals surface area contributed by atoms with Crippen LogP contribution in [0.25, 0.3) is 0 Å². The lowest BCUT2D eigenvalue weighted by atomic mass is 9.97. The van der Waals surface area contributed by atoms with Crippen LogP contribution in [0.3, 0.4) is 0 Å². The van der Waals surface area contributed by atoms with Gasteiger partial charge in [0, 0.05) is 37.6 Å². The van der Waals surface area contributed by atoms with Gasteiger partial charge in [-0.25, -0.2) is 0 Å². The van der Waals surface area contributed by atoms with Crippen molar-refractivity contribution in [3.8, 4) is 0 Å². The van der Waals surface area contributed by atoms with Gasteiger partial charge in [-0.15, -0.1) is 0 Å². The number of hydrogen-bond donors (Lipinski definition) is 1. The Labute approximate surface area is 119 Å². The van der Waals surface area contributed by atoms with Crippen LogP contribution in [0.15, 0.2) is 24.3 Å². The third kappa shape index (κ3) is 4.51. The molecule has 1 N–H and O–H groups in total. The maximum Gasteiger partial charge on any atom is 0.222 e. The standard InChI is InChI=1S/C15H21ClN2O/c1-12(9-13-3-2-4-14(16)11-13)10-15(19)18-7-5-17-6-8-18/h2-4,11-12,17H,5-10H2,1H3. The van der Waals surface area contributed by atoms with Crippen molar-refractivity contribution in [3.63, 3.8) is 0 Å². The molecular formula is C15H21ClN2O. The molecule has 0 radical (unpaired) electrons. The molecule has 1 amide bonds. The minimum Gasteiger partial charge on any atom is -0.340 e. The smallest absolute Gasteiger partial charge is 0.222 e.